The van der Waals surface area contributed by atoms with E-state index < -0.39 is 29.6 Å². The fourth-order valence-corrected chi connectivity index (χ4v) is 4.27. The van der Waals surface area contributed by atoms with Crippen LogP contribution in [0.2, 0.25) is 0 Å². The van der Waals surface area contributed by atoms with Crippen LogP contribution < -0.4 is 5.32 Å². The van der Waals surface area contributed by atoms with Crippen molar-refractivity contribution in [2.24, 2.45) is 0 Å². The topological polar surface area (TPSA) is 75.6 Å². The number of rotatable bonds is 9. The fraction of sp³-hybridized carbons (Fsp3) is 0.231. The van der Waals surface area contributed by atoms with Gasteiger partial charge in [-0.1, -0.05) is 54.6 Å². The summed E-state index contributed by atoms with van der Waals surface area (Å²) in [5.41, 5.74) is 4.60. The zero-order chi connectivity index (χ0) is 23.4. The van der Waals surface area contributed by atoms with Crippen molar-refractivity contribution in [3.05, 3.63) is 95.1 Å². The van der Waals surface area contributed by atoms with Crippen molar-refractivity contribution in [3.63, 3.8) is 0 Å². The van der Waals surface area contributed by atoms with Crippen molar-refractivity contribution in [1.29, 1.82) is 0 Å². The molecule has 3 aromatic rings. The molecular formula is C26H23F2NO4. The summed E-state index contributed by atoms with van der Waals surface area (Å²) in [5, 5.41) is 12.0. The van der Waals surface area contributed by atoms with Gasteiger partial charge < -0.3 is 15.2 Å². The Balaban J connectivity index is 1.37. The standard InChI is InChI=1S/C26H23F2NO4/c27-17-10-9-16(24(28)12-17)11-18(13-25(30)31)29-14-26(32)33-15-23-21-7-3-1-5-19(21)20-6-2-4-8-22(20)23/h1-10,12,18,23,29H,11,13-15H2,(H,30,31). The first-order valence-corrected chi connectivity index (χ1v) is 10.7. The van der Waals surface area contributed by atoms with Gasteiger partial charge in [0.05, 0.1) is 13.0 Å². The van der Waals surface area contributed by atoms with Gasteiger partial charge >= 0.3 is 11.9 Å². The Hall–Kier alpha value is -3.58. The molecule has 1 unspecified atom stereocenters. The lowest BCUT2D eigenvalue weighted by Gasteiger charge is -2.18. The number of esters is 1. The minimum Gasteiger partial charge on any atom is -0.481 e. The third kappa shape index (κ3) is 5.26. The van der Waals surface area contributed by atoms with E-state index in [-0.39, 0.29) is 37.5 Å². The van der Waals surface area contributed by atoms with Crippen LogP contribution in [-0.2, 0) is 20.7 Å². The number of ether oxygens (including phenoxy) is 1. The summed E-state index contributed by atoms with van der Waals surface area (Å²) in [6, 6.07) is 18.4. The van der Waals surface area contributed by atoms with E-state index in [1.165, 1.54) is 6.07 Å². The molecule has 3 aromatic carbocycles. The second kappa shape index (κ2) is 9.92. The molecule has 0 aliphatic heterocycles. The van der Waals surface area contributed by atoms with Crippen LogP contribution in [0.4, 0.5) is 8.78 Å². The van der Waals surface area contributed by atoms with E-state index in [0.29, 0.717) is 0 Å². The Bertz CT molecular complexity index is 1130. The fourth-order valence-electron chi connectivity index (χ4n) is 4.27. The highest BCUT2D eigenvalue weighted by Crippen LogP contribution is 2.44. The smallest absolute Gasteiger partial charge is 0.319 e. The maximum Gasteiger partial charge on any atom is 0.319 e. The summed E-state index contributed by atoms with van der Waals surface area (Å²) in [6.45, 7) is -0.0680. The lowest BCUT2D eigenvalue weighted by Crippen LogP contribution is -2.38. The van der Waals surface area contributed by atoms with Crippen molar-refractivity contribution in [2.75, 3.05) is 13.2 Å². The maximum atomic E-state index is 14.0. The van der Waals surface area contributed by atoms with Crippen LogP contribution in [0.5, 0.6) is 0 Å². The lowest BCUT2D eigenvalue weighted by molar-refractivity contribution is -0.143. The Kier molecular flexibility index (Phi) is 6.79. The van der Waals surface area contributed by atoms with Crippen molar-refractivity contribution in [3.8, 4) is 11.1 Å². The van der Waals surface area contributed by atoms with Gasteiger partial charge in [-0.05, 0) is 40.3 Å². The second-order valence-electron chi connectivity index (χ2n) is 8.03. The molecule has 170 valence electrons. The Morgan fingerprint density at radius 3 is 2.21 bits per heavy atom. The Labute approximate surface area is 190 Å². The van der Waals surface area contributed by atoms with Crippen molar-refractivity contribution in [1.82, 2.24) is 5.32 Å². The molecule has 0 saturated carbocycles. The first-order valence-electron chi connectivity index (χ1n) is 10.7. The molecule has 0 heterocycles. The number of benzene rings is 3. The quantitative estimate of drug-likeness (QED) is 0.475. The van der Waals surface area contributed by atoms with Gasteiger partial charge in [-0.2, -0.15) is 0 Å². The molecule has 0 bridgehead atoms. The summed E-state index contributed by atoms with van der Waals surface area (Å²) in [5.74, 6) is -3.18. The molecule has 1 atom stereocenters. The van der Waals surface area contributed by atoms with Gasteiger partial charge in [-0.15, -0.1) is 0 Å². The van der Waals surface area contributed by atoms with Crippen LogP contribution in [0, 0.1) is 11.6 Å². The number of fused-ring (bicyclic) bond motifs is 3. The predicted octanol–water partition coefficient (Wildman–Crippen LogP) is 4.30. The molecule has 1 aliphatic carbocycles. The van der Waals surface area contributed by atoms with Gasteiger partial charge in [-0.3, -0.25) is 9.59 Å². The van der Waals surface area contributed by atoms with Crippen LogP contribution in [-0.4, -0.2) is 36.2 Å². The van der Waals surface area contributed by atoms with Gasteiger partial charge in [-0.25, -0.2) is 8.78 Å². The van der Waals surface area contributed by atoms with Gasteiger partial charge in [0.1, 0.15) is 18.2 Å². The normalized spacial score (nSPS) is 13.3. The molecule has 0 fully saturated rings. The third-order valence-electron chi connectivity index (χ3n) is 5.81. The molecule has 4 rings (SSSR count). The number of aliphatic carboxylic acids is 1. The highest BCUT2D eigenvalue weighted by Gasteiger charge is 2.29. The number of hydrogen-bond acceptors (Lipinski definition) is 4. The molecule has 0 amide bonds. The summed E-state index contributed by atoms with van der Waals surface area (Å²) in [6.07, 6.45) is -0.331. The van der Waals surface area contributed by atoms with E-state index in [2.05, 4.69) is 5.32 Å². The maximum absolute atomic E-state index is 14.0. The van der Waals surface area contributed by atoms with Gasteiger partial charge in [0.25, 0.3) is 0 Å². The third-order valence-corrected chi connectivity index (χ3v) is 5.81. The number of hydrogen-bond donors (Lipinski definition) is 2. The van der Waals surface area contributed by atoms with Crippen molar-refractivity contribution < 1.29 is 28.2 Å². The number of halogens is 2. The van der Waals surface area contributed by atoms with Crippen molar-refractivity contribution >= 4 is 11.9 Å². The number of carboxylic acids is 1. The highest BCUT2D eigenvalue weighted by molar-refractivity contribution is 5.79. The van der Waals surface area contributed by atoms with Crippen LogP contribution in [0.1, 0.15) is 29.0 Å². The molecule has 0 spiro atoms. The first-order chi connectivity index (χ1) is 15.9. The van der Waals surface area contributed by atoms with Crippen molar-refractivity contribution in [2.45, 2.75) is 24.8 Å². The van der Waals surface area contributed by atoms with E-state index in [9.17, 15) is 18.4 Å². The largest absolute Gasteiger partial charge is 0.481 e. The highest BCUT2D eigenvalue weighted by atomic mass is 19.1. The minimum atomic E-state index is -1.09. The monoisotopic (exact) mass is 451 g/mol. The van der Waals surface area contributed by atoms with Crippen LogP contribution in [0.25, 0.3) is 11.1 Å². The van der Waals surface area contributed by atoms with Gasteiger partial charge in [0.2, 0.25) is 0 Å². The molecule has 5 nitrogen and oxygen atoms in total. The average Bonchev–Trinajstić information content (AvgIpc) is 3.11. The molecule has 7 heteroatoms. The van der Waals surface area contributed by atoms with E-state index in [0.717, 1.165) is 34.4 Å². The lowest BCUT2D eigenvalue weighted by atomic mass is 9.98. The number of carbonyl (C=O) groups excluding carboxylic acids is 1. The van der Waals surface area contributed by atoms with Crippen LogP contribution in [0.15, 0.2) is 66.7 Å². The molecule has 0 saturated heterocycles. The Morgan fingerprint density at radius 1 is 0.970 bits per heavy atom. The molecule has 2 N–H and O–H groups in total. The summed E-state index contributed by atoms with van der Waals surface area (Å²) < 4.78 is 32.6. The van der Waals surface area contributed by atoms with E-state index in [1.54, 1.807) is 0 Å². The summed E-state index contributed by atoms with van der Waals surface area (Å²) in [7, 11) is 0. The molecule has 33 heavy (non-hydrogen) atoms. The van der Waals surface area contributed by atoms with Gasteiger partial charge in [0, 0.05) is 18.0 Å². The Morgan fingerprint density at radius 2 is 1.61 bits per heavy atom. The van der Waals surface area contributed by atoms with Crippen LogP contribution >= 0.6 is 0 Å². The summed E-state index contributed by atoms with van der Waals surface area (Å²) in [4.78, 5) is 23.6. The SMILES string of the molecule is O=C(O)CC(Cc1ccc(F)cc1F)NCC(=O)OCC1c2ccccc2-c2ccccc21. The zero-order valence-corrected chi connectivity index (χ0v) is 17.8. The van der Waals surface area contributed by atoms with E-state index >= 15 is 0 Å². The number of carboxylic acid groups (broad SMARTS) is 1. The molecule has 0 radical (unpaired) electrons. The molecule has 1 aliphatic rings. The number of nitrogens with one attached hydrogen (secondary N) is 1. The van der Waals surface area contributed by atoms with E-state index in [4.69, 9.17) is 9.84 Å². The predicted molar refractivity (Wildman–Crippen MR) is 119 cm³/mol. The zero-order valence-electron chi connectivity index (χ0n) is 17.8. The van der Waals surface area contributed by atoms with E-state index in [1.807, 2.05) is 48.5 Å². The minimum absolute atomic E-state index is 0.00489. The second-order valence-corrected chi connectivity index (χ2v) is 8.03. The number of carbonyl (C=O) groups is 2. The van der Waals surface area contributed by atoms with Crippen LogP contribution in [0.3, 0.4) is 0 Å². The first kappa shape index (κ1) is 22.6. The summed E-state index contributed by atoms with van der Waals surface area (Å²) >= 11 is 0. The average molecular weight is 451 g/mol. The van der Waals surface area contributed by atoms with Gasteiger partial charge in [0.15, 0.2) is 0 Å². The molecule has 0 aromatic heterocycles. The molecular weight excluding hydrogens is 428 g/mol.